The van der Waals surface area contributed by atoms with Crippen molar-refractivity contribution in [1.29, 1.82) is 0 Å². The number of rotatable bonds is 11. The minimum Gasteiger partial charge on any atom is -0.496 e. The van der Waals surface area contributed by atoms with E-state index in [1.54, 1.807) is 23.0 Å². The molecule has 0 aliphatic carbocycles. The van der Waals surface area contributed by atoms with E-state index in [1.807, 2.05) is 36.4 Å². The number of methoxy groups -OCH3 is 3. The van der Waals surface area contributed by atoms with Crippen molar-refractivity contribution in [3.8, 4) is 45.5 Å². The maximum absolute atomic E-state index is 15.8. The molecule has 1 fully saturated rings. The van der Waals surface area contributed by atoms with Gasteiger partial charge < -0.3 is 19.3 Å². The SMILES string of the molecule is COc1cc(-n2ncc3c(-c4cccc(-c5cc(F)c(CN6CCC(CC(=O)O)CC6)c(OC)c5)c4Cl)cccc32)nc(OC)c1C=O. The Morgan fingerprint density at radius 2 is 1.71 bits per heavy atom. The number of ether oxygens (including phenoxy) is 3. The number of fused-ring (bicyclic) bond motifs is 1. The number of aldehydes is 1. The molecule has 48 heavy (non-hydrogen) atoms. The molecule has 1 aliphatic heterocycles. The Hall–Kier alpha value is -5.00. The summed E-state index contributed by atoms with van der Waals surface area (Å²) in [5.41, 5.74) is 4.12. The first kappa shape index (κ1) is 32.9. The van der Waals surface area contributed by atoms with Crippen LogP contribution in [0.2, 0.25) is 5.02 Å². The molecule has 0 unspecified atom stereocenters. The second-order valence-corrected chi connectivity index (χ2v) is 12.0. The molecule has 248 valence electrons. The highest BCUT2D eigenvalue weighted by atomic mass is 35.5. The monoisotopic (exact) mass is 672 g/mol. The Labute approximate surface area is 281 Å². The van der Waals surface area contributed by atoms with Gasteiger partial charge in [-0.3, -0.25) is 14.5 Å². The highest BCUT2D eigenvalue weighted by Crippen LogP contribution is 2.41. The van der Waals surface area contributed by atoms with E-state index in [9.17, 15) is 9.59 Å². The number of benzene rings is 3. The number of aliphatic carboxylic acids is 1. The van der Waals surface area contributed by atoms with Crippen molar-refractivity contribution in [1.82, 2.24) is 19.7 Å². The van der Waals surface area contributed by atoms with Gasteiger partial charge in [0.1, 0.15) is 22.9 Å². The molecule has 10 nitrogen and oxygen atoms in total. The van der Waals surface area contributed by atoms with Crippen LogP contribution in [0.5, 0.6) is 17.4 Å². The fraction of sp³-hybridized carbons (Fsp3) is 0.278. The Balaban J connectivity index is 1.33. The van der Waals surface area contributed by atoms with Gasteiger partial charge in [-0.2, -0.15) is 10.1 Å². The number of pyridine rings is 1. The molecular weight excluding hydrogens is 639 g/mol. The lowest BCUT2D eigenvalue weighted by atomic mass is 9.93. The Kier molecular flexibility index (Phi) is 9.61. The van der Waals surface area contributed by atoms with Crippen molar-refractivity contribution in [2.75, 3.05) is 34.4 Å². The number of aromatic nitrogens is 3. The van der Waals surface area contributed by atoms with Crippen molar-refractivity contribution in [3.05, 3.63) is 82.8 Å². The summed E-state index contributed by atoms with van der Waals surface area (Å²) in [7, 11) is 4.41. The molecule has 0 spiro atoms. The number of nitrogens with zero attached hydrogens (tertiary/aromatic N) is 4. The summed E-state index contributed by atoms with van der Waals surface area (Å²) in [6, 6.07) is 16.2. The summed E-state index contributed by atoms with van der Waals surface area (Å²) >= 11 is 7.09. The second kappa shape index (κ2) is 14.0. The molecular formula is C36H34ClFN4O6. The number of likely N-dealkylation sites (tertiary alicyclic amines) is 1. The summed E-state index contributed by atoms with van der Waals surface area (Å²) in [5, 5.41) is 14.9. The van der Waals surface area contributed by atoms with Crippen LogP contribution in [-0.2, 0) is 11.3 Å². The molecule has 3 aromatic carbocycles. The van der Waals surface area contributed by atoms with Crippen LogP contribution in [0.3, 0.4) is 0 Å². The number of carboxylic acid groups (broad SMARTS) is 1. The van der Waals surface area contributed by atoms with E-state index in [0.717, 1.165) is 34.9 Å². The van der Waals surface area contributed by atoms with E-state index in [4.69, 9.17) is 30.9 Å². The van der Waals surface area contributed by atoms with Crippen molar-refractivity contribution in [2.24, 2.45) is 5.92 Å². The lowest BCUT2D eigenvalue weighted by Gasteiger charge is -2.31. The highest BCUT2D eigenvalue weighted by molar-refractivity contribution is 6.36. The molecule has 0 atom stereocenters. The predicted molar refractivity (Wildman–Crippen MR) is 180 cm³/mol. The molecule has 12 heteroatoms. The third-order valence-corrected chi connectivity index (χ3v) is 9.27. The van der Waals surface area contributed by atoms with Gasteiger partial charge in [0, 0.05) is 41.1 Å². The number of piperidine rings is 1. The van der Waals surface area contributed by atoms with E-state index in [-0.39, 0.29) is 23.8 Å². The average Bonchev–Trinajstić information content (AvgIpc) is 3.53. The summed E-state index contributed by atoms with van der Waals surface area (Å²) in [6.45, 7) is 1.75. The van der Waals surface area contributed by atoms with E-state index in [2.05, 4.69) is 15.0 Å². The summed E-state index contributed by atoms with van der Waals surface area (Å²) in [5.74, 6) is 0.185. The summed E-state index contributed by atoms with van der Waals surface area (Å²) < 4.78 is 33.8. The van der Waals surface area contributed by atoms with E-state index < -0.39 is 11.8 Å². The van der Waals surface area contributed by atoms with E-state index in [1.165, 1.54) is 27.4 Å². The average molecular weight is 673 g/mol. The molecule has 0 amide bonds. The number of carboxylic acids is 1. The smallest absolute Gasteiger partial charge is 0.303 e. The molecule has 0 radical (unpaired) electrons. The maximum atomic E-state index is 15.8. The van der Waals surface area contributed by atoms with Crippen molar-refractivity contribution in [3.63, 3.8) is 0 Å². The minimum absolute atomic E-state index is 0.115. The number of carbonyl (C=O) groups excluding carboxylic acids is 1. The predicted octanol–water partition coefficient (Wildman–Crippen LogP) is 7.07. The molecule has 1 aliphatic rings. The Morgan fingerprint density at radius 3 is 2.40 bits per heavy atom. The number of hydrogen-bond donors (Lipinski definition) is 1. The zero-order valence-corrected chi connectivity index (χ0v) is 27.5. The lowest BCUT2D eigenvalue weighted by Crippen LogP contribution is -2.34. The zero-order chi connectivity index (χ0) is 33.9. The summed E-state index contributed by atoms with van der Waals surface area (Å²) in [4.78, 5) is 29.4. The topological polar surface area (TPSA) is 116 Å². The van der Waals surface area contributed by atoms with Crippen LogP contribution in [0.1, 0.15) is 35.2 Å². The zero-order valence-electron chi connectivity index (χ0n) is 26.7. The Morgan fingerprint density at radius 1 is 1.00 bits per heavy atom. The van der Waals surface area contributed by atoms with Crippen molar-refractivity contribution < 1.29 is 33.3 Å². The third kappa shape index (κ3) is 6.31. The van der Waals surface area contributed by atoms with Gasteiger partial charge in [0.2, 0.25) is 5.88 Å². The minimum atomic E-state index is -0.784. The van der Waals surface area contributed by atoms with Gasteiger partial charge in [-0.1, -0.05) is 41.9 Å². The van der Waals surface area contributed by atoms with Crippen LogP contribution >= 0.6 is 11.6 Å². The molecule has 2 aromatic heterocycles. The number of carbonyl (C=O) groups is 2. The molecule has 3 heterocycles. The largest absolute Gasteiger partial charge is 0.496 e. The van der Waals surface area contributed by atoms with Crippen molar-refractivity contribution >= 4 is 34.8 Å². The quantitative estimate of drug-likeness (QED) is 0.147. The van der Waals surface area contributed by atoms with Gasteiger partial charge in [-0.15, -0.1) is 0 Å². The van der Waals surface area contributed by atoms with Crippen molar-refractivity contribution in [2.45, 2.75) is 25.8 Å². The lowest BCUT2D eigenvalue weighted by molar-refractivity contribution is -0.138. The molecule has 1 N–H and O–H groups in total. The van der Waals surface area contributed by atoms with E-state index in [0.29, 0.717) is 65.0 Å². The van der Waals surface area contributed by atoms with Gasteiger partial charge in [0.05, 0.1) is 38.1 Å². The van der Waals surface area contributed by atoms with Crippen LogP contribution in [0, 0.1) is 11.7 Å². The first-order valence-electron chi connectivity index (χ1n) is 15.4. The van der Waals surface area contributed by atoms with Crippen LogP contribution in [-0.4, -0.2) is 71.4 Å². The van der Waals surface area contributed by atoms with Gasteiger partial charge >= 0.3 is 5.97 Å². The summed E-state index contributed by atoms with van der Waals surface area (Å²) in [6.07, 6.45) is 4.02. The molecule has 1 saturated heterocycles. The highest BCUT2D eigenvalue weighted by Gasteiger charge is 2.25. The van der Waals surface area contributed by atoms with Gasteiger partial charge in [-0.25, -0.2) is 9.07 Å². The first-order chi connectivity index (χ1) is 23.3. The standard InChI is InChI=1S/C36H34ClFN4O6/c1-46-31-16-22(15-29(38)27(31)19-41-12-10-21(11-13-41)14-34(44)45)23-6-4-8-25(35(23)37)24-7-5-9-30-26(24)18-39-42(30)33-17-32(47-2)28(20-43)36(40-33)48-3/h4-9,15-18,20-21H,10-14,19H2,1-3H3,(H,44,45). The van der Waals surface area contributed by atoms with Crippen LogP contribution < -0.4 is 14.2 Å². The fourth-order valence-electron chi connectivity index (χ4n) is 6.39. The maximum Gasteiger partial charge on any atom is 0.303 e. The molecule has 0 bridgehead atoms. The van der Waals surface area contributed by atoms with Crippen LogP contribution in [0.4, 0.5) is 4.39 Å². The van der Waals surface area contributed by atoms with Crippen LogP contribution in [0.25, 0.3) is 39.0 Å². The van der Waals surface area contributed by atoms with Gasteiger partial charge in [0.15, 0.2) is 12.1 Å². The number of halogens is 2. The number of hydrogen-bond acceptors (Lipinski definition) is 8. The molecule has 6 rings (SSSR count). The Bertz CT molecular complexity index is 1980. The first-order valence-corrected chi connectivity index (χ1v) is 15.8. The van der Waals surface area contributed by atoms with Gasteiger partial charge in [0.25, 0.3) is 0 Å². The fourth-order valence-corrected chi connectivity index (χ4v) is 6.73. The molecule has 0 saturated carbocycles. The molecule has 5 aromatic rings. The van der Waals surface area contributed by atoms with E-state index >= 15 is 4.39 Å². The van der Waals surface area contributed by atoms with Gasteiger partial charge in [-0.05, 0) is 61.2 Å². The third-order valence-electron chi connectivity index (χ3n) is 8.86. The normalized spacial score (nSPS) is 13.9. The van der Waals surface area contributed by atoms with Crippen LogP contribution in [0.15, 0.2) is 60.8 Å². The second-order valence-electron chi connectivity index (χ2n) is 11.6.